The standard InChI is InChI=1S/C17H14N6O/c1-24-15-8-6-14(7-9-15)21-17-22-16(11-19-23-17)20-13-4-2-12(10-18)3-5-13/h2-9,11H,1H3,(H2,20,21,22,23). The highest BCUT2D eigenvalue weighted by Gasteiger charge is 2.03. The first kappa shape index (κ1) is 15.2. The lowest BCUT2D eigenvalue weighted by Gasteiger charge is -2.08. The quantitative estimate of drug-likeness (QED) is 0.745. The van der Waals surface area contributed by atoms with Gasteiger partial charge in [-0.2, -0.15) is 15.3 Å². The van der Waals surface area contributed by atoms with E-state index in [1.165, 1.54) is 6.20 Å². The first-order valence-electron chi connectivity index (χ1n) is 7.15. The zero-order chi connectivity index (χ0) is 16.8. The number of hydrogen-bond acceptors (Lipinski definition) is 7. The van der Waals surface area contributed by atoms with Gasteiger partial charge in [-0.1, -0.05) is 0 Å². The van der Waals surface area contributed by atoms with E-state index in [2.05, 4.69) is 31.9 Å². The van der Waals surface area contributed by atoms with Crippen LogP contribution >= 0.6 is 0 Å². The molecule has 0 atom stereocenters. The predicted octanol–water partition coefficient (Wildman–Crippen LogP) is 3.24. The smallest absolute Gasteiger partial charge is 0.249 e. The summed E-state index contributed by atoms with van der Waals surface area (Å²) < 4.78 is 5.12. The molecule has 0 bridgehead atoms. The summed E-state index contributed by atoms with van der Waals surface area (Å²) in [6, 6.07) is 16.6. The Labute approximate surface area is 139 Å². The van der Waals surface area contributed by atoms with Gasteiger partial charge in [-0.05, 0) is 48.5 Å². The molecule has 0 amide bonds. The van der Waals surface area contributed by atoms with Crippen molar-refractivity contribution in [1.29, 1.82) is 5.26 Å². The third kappa shape index (κ3) is 3.75. The lowest BCUT2D eigenvalue weighted by molar-refractivity contribution is 0.415. The average molecular weight is 318 g/mol. The number of nitrogens with one attached hydrogen (secondary N) is 2. The van der Waals surface area contributed by atoms with Crippen LogP contribution in [0.15, 0.2) is 54.7 Å². The summed E-state index contributed by atoms with van der Waals surface area (Å²) in [5.41, 5.74) is 2.24. The fourth-order valence-electron chi connectivity index (χ4n) is 2.00. The Morgan fingerprint density at radius 3 is 2.29 bits per heavy atom. The Balaban J connectivity index is 1.72. The Morgan fingerprint density at radius 2 is 1.62 bits per heavy atom. The molecule has 0 unspecified atom stereocenters. The van der Waals surface area contributed by atoms with Crippen LogP contribution in [0.25, 0.3) is 0 Å². The van der Waals surface area contributed by atoms with Crippen molar-refractivity contribution >= 4 is 23.1 Å². The van der Waals surface area contributed by atoms with E-state index in [0.29, 0.717) is 17.3 Å². The van der Waals surface area contributed by atoms with E-state index in [0.717, 1.165) is 17.1 Å². The minimum atomic E-state index is 0.374. The van der Waals surface area contributed by atoms with E-state index in [-0.39, 0.29) is 0 Å². The summed E-state index contributed by atoms with van der Waals surface area (Å²) in [5.74, 6) is 1.69. The van der Waals surface area contributed by atoms with E-state index in [1.807, 2.05) is 24.3 Å². The topological polar surface area (TPSA) is 95.8 Å². The minimum absolute atomic E-state index is 0.374. The van der Waals surface area contributed by atoms with Gasteiger partial charge in [0.15, 0.2) is 5.82 Å². The molecule has 0 radical (unpaired) electrons. The number of aromatic nitrogens is 3. The molecule has 1 heterocycles. The molecule has 0 aliphatic heterocycles. The van der Waals surface area contributed by atoms with Gasteiger partial charge in [0.2, 0.25) is 5.95 Å². The molecule has 1 aromatic heterocycles. The van der Waals surface area contributed by atoms with Crippen molar-refractivity contribution in [3.05, 3.63) is 60.3 Å². The van der Waals surface area contributed by atoms with Crippen LogP contribution < -0.4 is 15.4 Å². The van der Waals surface area contributed by atoms with E-state index >= 15 is 0 Å². The molecule has 0 aliphatic rings. The van der Waals surface area contributed by atoms with Gasteiger partial charge in [-0.15, -0.1) is 5.10 Å². The summed E-state index contributed by atoms with van der Waals surface area (Å²) in [6.07, 6.45) is 1.53. The summed E-state index contributed by atoms with van der Waals surface area (Å²) in [6.45, 7) is 0. The molecule has 0 aliphatic carbocycles. The van der Waals surface area contributed by atoms with Gasteiger partial charge in [0, 0.05) is 11.4 Å². The summed E-state index contributed by atoms with van der Waals surface area (Å²) in [4.78, 5) is 4.36. The zero-order valence-electron chi connectivity index (χ0n) is 12.9. The molecular weight excluding hydrogens is 304 g/mol. The molecule has 118 valence electrons. The number of benzene rings is 2. The van der Waals surface area contributed by atoms with Crippen LogP contribution in [0, 0.1) is 11.3 Å². The first-order chi connectivity index (χ1) is 11.8. The van der Waals surface area contributed by atoms with E-state index in [9.17, 15) is 0 Å². The van der Waals surface area contributed by atoms with Crippen molar-refractivity contribution in [2.45, 2.75) is 0 Å². The SMILES string of the molecule is COc1ccc(Nc2nncc(Nc3ccc(C#N)cc3)n2)cc1. The number of methoxy groups -OCH3 is 1. The Bertz CT molecular complexity index is 855. The maximum absolute atomic E-state index is 8.81. The Kier molecular flexibility index (Phi) is 4.49. The number of nitriles is 1. The number of hydrogen-bond donors (Lipinski definition) is 2. The fourth-order valence-corrected chi connectivity index (χ4v) is 2.00. The number of anilines is 4. The van der Waals surface area contributed by atoms with Crippen LogP contribution in [-0.2, 0) is 0 Å². The van der Waals surface area contributed by atoms with Crippen LogP contribution in [0.5, 0.6) is 5.75 Å². The van der Waals surface area contributed by atoms with Gasteiger partial charge in [-0.3, -0.25) is 0 Å². The highest BCUT2D eigenvalue weighted by molar-refractivity contribution is 5.59. The predicted molar refractivity (Wildman–Crippen MR) is 90.5 cm³/mol. The maximum atomic E-state index is 8.81. The lowest BCUT2D eigenvalue weighted by Crippen LogP contribution is -2.02. The second-order valence-corrected chi connectivity index (χ2v) is 4.83. The maximum Gasteiger partial charge on any atom is 0.249 e. The Hall–Kier alpha value is -3.66. The highest BCUT2D eigenvalue weighted by Crippen LogP contribution is 2.19. The van der Waals surface area contributed by atoms with Crippen LogP contribution in [0.1, 0.15) is 5.56 Å². The molecule has 0 saturated heterocycles. The largest absolute Gasteiger partial charge is 0.497 e. The second kappa shape index (κ2) is 7.07. The molecule has 0 fully saturated rings. The van der Waals surface area contributed by atoms with Crippen LogP contribution in [0.4, 0.5) is 23.1 Å². The first-order valence-corrected chi connectivity index (χ1v) is 7.15. The van der Waals surface area contributed by atoms with Gasteiger partial charge in [-0.25, -0.2) is 0 Å². The molecule has 24 heavy (non-hydrogen) atoms. The van der Waals surface area contributed by atoms with Crippen LogP contribution in [0.3, 0.4) is 0 Å². The third-order valence-electron chi connectivity index (χ3n) is 3.19. The van der Waals surface area contributed by atoms with Gasteiger partial charge in [0.25, 0.3) is 0 Å². The molecular formula is C17H14N6O. The fraction of sp³-hybridized carbons (Fsp3) is 0.0588. The molecule has 7 heteroatoms. The highest BCUT2D eigenvalue weighted by atomic mass is 16.5. The van der Waals surface area contributed by atoms with Gasteiger partial charge < -0.3 is 15.4 Å². The lowest BCUT2D eigenvalue weighted by atomic mass is 10.2. The number of ether oxygens (including phenoxy) is 1. The summed E-state index contributed by atoms with van der Waals surface area (Å²) in [5, 5.41) is 22.9. The van der Waals surface area contributed by atoms with E-state index in [1.54, 1.807) is 31.4 Å². The second-order valence-electron chi connectivity index (χ2n) is 4.83. The average Bonchev–Trinajstić information content (AvgIpc) is 2.63. The zero-order valence-corrected chi connectivity index (χ0v) is 12.9. The van der Waals surface area contributed by atoms with Gasteiger partial charge in [0.1, 0.15) is 5.75 Å². The van der Waals surface area contributed by atoms with Crippen LogP contribution in [-0.4, -0.2) is 22.3 Å². The summed E-state index contributed by atoms with van der Waals surface area (Å²) in [7, 11) is 1.62. The van der Waals surface area contributed by atoms with Crippen LogP contribution in [0.2, 0.25) is 0 Å². The minimum Gasteiger partial charge on any atom is -0.497 e. The van der Waals surface area contributed by atoms with E-state index in [4.69, 9.17) is 10.00 Å². The molecule has 0 spiro atoms. The number of nitrogens with zero attached hydrogens (tertiary/aromatic N) is 4. The molecule has 2 N–H and O–H groups in total. The summed E-state index contributed by atoms with van der Waals surface area (Å²) >= 11 is 0. The monoisotopic (exact) mass is 318 g/mol. The molecule has 3 aromatic rings. The van der Waals surface area contributed by atoms with Gasteiger partial charge >= 0.3 is 0 Å². The van der Waals surface area contributed by atoms with Crippen molar-refractivity contribution in [3.63, 3.8) is 0 Å². The Morgan fingerprint density at radius 1 is 0.958 bits per heavy atom. The molecule has 0 saturated carbocycles. The van der Waals surface area contributed by atoms with Gasteiger partial charge in [0.05, 0.1) is 24.9 Å². The normalized spacial score (nSPS) is 9.83. The van der Waals surface area contributed by atoms with Crippen molar-refractivity contribution in [1.82, 2.24) is 15.2 Å². The van der Waals surface area contributed by atoms with E-state index < -0.39 is 0 Å². The van der Waals surface area contributed by atoms with Crippen molar-refractivity contribution in [2.24, 2.45) is 0 Å². The number of rotatable bonds is 5. The van der Waals surface area contributed by atoms with Crippen molar-refractivity contribution in [3.8, 4) is 11.8 Å². The molecule has 3 rings (SSSR count). The third-order valence-corrected chi connectivity index (χ3v) is 3.19. The molecule has 7 nitrogen and oxygen atoms in total. The van der Waals surface area contributed by atoms with Crippen molar-refractivity contribution < 1.29 is 4.74 Å². The molecule has 2 aromatic carbocycles. The van der Waals surface area contributed by atoms with Crippen molar-refractivity contribution in [2.75, 3.05) is 17.7 Å².